The van der Waals surface area contributed by atoms with Gasteiger partial charge >= 0.3 is 5.91 Å². The van der Waals surface area contributed by atoms with Gasteiger partial charge in [0.1, 0.15) is 11.5 Å². The number of sulfone groups is 1. The Balaban J connectivity index is 1.64. The summed E-state index contributed by atoms with van der Waals surface area (Å²) in [6, 6.07) is 11.1. The Hall–Kier alpha value is -2.41. The van der Waals surface area contributed by atoms with Crippen molar-refractivity contribution in [2.75, 3.05) is 0 Å². The Morgan fingerprint density at radius 2 is 2.00 bits per heavy atom. The zero-order valence-electron chi connectivity index (χ0n) is 14.6. The van der Waals surface area contributed by atoms with Gasteiger partial charge in [0.15, 0.2) is 15.6 Å². The van der Waals surface area contributed by atoms with E-state index in [4.69, 9.17) is 4.42 Å². The maximum atomic E-state index is 12.4. The van der Waals surface area contributed by atoms with E-state index in [9.17, 15) is 13.2 Å². The molecule has 2 aromatic rings. The van der Waals surface area contributed by atoms with Crippen LogP contribution in [0.25, 0.3) is 0 Å². The van der Waals surface area contributed by atoms with E-state index in [0.717, 1.165) is 25.0 Å². The second-order valence-electron chi connectivity index (χ2n) is 6.66. The van der Waals surface area contributed by atoms with Crippen LogP contribution in [0.1, 0.15) is 48.9 Å². The number of amides is 1. The number of benzene rings is 1. The van der Waals surface area contributed by atoms with Crippen molar-refractivity contribution in [3.05, 3.63) is 54.0 Å². The summed E-state index contributed by atoms with van der Waals surface area (Å²) < 4.78 is 30.1. The predicted molar refractivity (Wildman–Crippen MR) is 98.6 cm³/mol. The molecule has 1 N–H and O–H groups in total. The first-order chi connectivity index (χ1) is 12.4. The molecule has 1 aromatic heterocycles. The number of carbonyl (C=O) groups excluding carboxylic acids is 1. The van der Waals surface area contributed by atoms with Gasteiger partial charge in [-0.3, -0.25) is 4.79 Å². The molecule has 0 radical (unpaired) electrons. The van der Waals surface area contributed by atoms with E-state index in [1.165, 1.54) is 30.7 Å². The first-order valence-electron chi connectivity index (χ1n) is 8.66. The largest absolute Gasteiger partial charge is 0.455 e. The third kappa shape index (κ3) is 4.60. The maximum absolute atomic E-state index is 12.4. The van der Waals surface area contributed by atoms with E-state index in [2.05, 4.69) is 17.5 Å². The Morgan fingerprint density at radius 1 is 1.23 bits per heavy atom. The molecule has 26 heavy (non-hydrogen) atoms. The highest BCUT2D eigenvalue weighted by Gasteiger charge is 2.19. The lowest BCUT2D eigenvalue weighted by molar-refractivity contribution is 0.0925. The summed E-state index contributed by atoms with van der Waals surface area (Å²) in [5.74, 6) is 0.0855. The fraction of sp³-hybridized carbons (Fsp3) is 0.368. The van der Waals surface area contributed by atoms with Crippen molar-refractivity contribution < 1.29 is 17.6 Å². The minimum atomic E-state index is -3.51. The lowest BCUT2D eigenvalue weighted by Crippen LogP contribution is -2.21. The number of furan rings is 1. The molecule has 0 aliphatic heterocycles. The summed E-state index contributed by atoms with van der Waals surface area (Å²) in [5.41, 5.74) is 3.48. The molecular formula is C19H22N2O4S. The van der Waals surface area contributed by atoms with Crippen molar-refractivity contribution in [2.24, 2.45) is 11.0 Å². The van der Waals surface area contributed by atoms with Gasteiger partial charge in [-0.25, -0.2) is 13.8 Å². The average molecular weight is 374 g/mol. The van der Waals surface area contributed by atoms with Crippen LogP contribution in [0.2, 0.25) is 0 Å². The van der Waals surface area contributed by atoms with Crippen LogP contribution in [0.3, 0.4) is 0 Å². The van der Waals surface area contributed by atoms with Gasteiger partial charge in [-0.15, -0.1) is 0 Å². The first kappa shape index (κ1) is 18.4. The van der Waals surface area contributed by atoms with Crippen LogP contribution in [0, 0.1) is 5.92 Å². The molecule has 6 nitrogen and oxygen atoms in total. The normalized spacial score (nSPS) is 19.4. The quantitative estimate of drug-likeness (QED) is 0.811. The van der Waals surface area contributed by atoms with Gasteiger partial charge in [0.25, 0.3) is 0 Å². The summed E-state index contributed by atoms with van der Waals surface area (Å²) in [6.07, 6.45) is 4.05. The standard InChI is InChI=1S/C19H22N2O4S/c1-14-6-5-7-15(12-14)20-21-19(22)18-11-10-16(25-18)13-26(23,24)17-8-3-2-4-9-17/h2-4,8-11,14H,5-7,12-13H2,1H3,(H,21,22)/b20-15+/t14-/m0/s1. The zero-order chi connectivity index (χ0) is 18.6. The Morgan fingerprint density at radius 3 is 2.73 bits per heavy atom. The third-order valence-electron chi connectivity index (χ3n) is 4.38. The first-order valence-corrected chi connectivity index (χ1v) is 10.3. The molecule has 3 rings (SSSR count). The molecule has 1 amide bonds. The lowest BCUT2D eigenvalue weighted by atomic mass is 9.89. The van der Waals surface area contributed by atoms with Crippen molar-refractivity contribution in [3.63, 3.8) is 0 Å². The van der Waals surface area contributed by atoms with Crippen LogP contribution in [-0.4, -0.2) is 20.0 Å². The second-order valence-corrected chi connectivity index (χ2v) is 8.65. The van der Waals surface area contributed by atoms with Crippen molar-refractivity contribution in [2.45, 2.75) is 43.3 Å². The molecule has 0 unspecified atom stereocenters. The van der Waals surface area contributed by atoms with E-state index >= 15 is 0 Å². The summed E-state index contributed by atoms with van der Waals surface area (Å²) in [4.78, 5) is 12.4. The zero-order valence-corrected chi connectivity index (χ0v) is 15.5. The summed E-state index contributed by atoms with van der Waals surface area (Å²) in [6.45, 7) is 2.17. The summed E-state index contributed by atoms with van der Waals surface area (Å²) >= 11 is 0. The average Bonchev–Trinajstić information content (AvgIpc) is 3.08. The van der Waals surface area contributed by atoms with Gasteiger partial charge < -0.3 is 4.42 Å². The molecule has 7 heteroatoms. The van der Waals surface area contributed by atoms with Gasteiger partial charge in [0.05, 0.1) is 4.90 Å². The van der Waals surface area contributed by atoms with Crippen molar-refractivity contribution >= 4 is 21.5 Å². The molecule has 1 aliphatic carbocycles. The molecule has 1 aromatic carbocycles. The molecule has 1 atom stereocenters. The minimum Gasteiger partial charge on any atom is -0.455 e. The SMILES string of the molecule is C[C@H]1CCC/C(=N\NC(=O)c2ccc(CS(=O)(=O)c3ccccc3)o2)C1. The second kappa shape index (κ2) is 7.86. The Kier molecular flexibility index (Phi) is 5.56. The number of rotatable bonds is 5. The molecule has 0 bridgehead atoms. The van der Waals surface area contributed by atoms with Gasteiger partial charge in [-0.2, -0.15) is 5.10 Å². The van der Waals surface area contributed by atoms with Gasteiger partial charge in [-0.1, -0.05) is 25.1 Å². The molecular weight excluding hydrogens is 352 g/mol. The molecule has 138 valence electrons. The van der Waals surface area contributed by atoms with Crippen LogP contribution >= 0.6 is 0 Å². The highest BCUT2D eigenvalue weighted by Crippen LogP contribution is 2.21. The Bertz CT molecular complexity index is 901. The number of hydrogen-bond donors (Lipinski definition) is 1. The monoisotopic (exact) mass is 374 g/mol. The van der Waals surface area contributed by atoms with E-state index in [-0.39, 0.29) is 22.2 Å². The fourth-order valence-corrected chi connectivity index (χ4v) is 4.29. The topological polar surface area (TPSA) is 88.7 Å². The maximum Gasteiger partial charge on any atom is 0.307 e. The van der Waals surface area contributed by atoms with Crippen molar-refractivity contribution in [1.29, 1.82) is 0 Å². The van der Waals surface area contributed by atoms with E-state index < -0.39 is 15.7 Å². The molecule has 1 fully saturated rings. The lowest BCUT2D eigenvalue weighted by Gasteiger charge is -2.18. The highest BCUT2D eigenvalue weighted by molar-refractivity contribution is 7.90. The van der Waals surface area contributed by atoms with Crippen LogP contribution in [0.5, 0.6) is 0 Å². The number of carbonyl (C=O) groups is 1. The highest BCUT2D eigenvalue weighted by atomic mass is 32.2. The fourth-order valence-electron chi connectivity index (χ4n) is 3.02. The van der Waals surface area contributed by atoms with E-state index in [0.29, 0.717) is 5.92 Å². The van der Waals surface area contributed by atoms with E-state index in [1.807, 2.05) is 0 Å². The van der Waals surface area contributed by atoms with Crippen LogP contribution in [0.4, 0.5) is 0 Å². The summed E-state index contributed by atoms with van der Waals surface area (Å²) in [7, 11) is -3.51. The van der Waals surface area contributed by atoms with Gasteiger partial charge in [0, 0.05) is 5.71 Å². The van der Waals surface area contributed by atoms with Gasteiger partial charge in [-0.05, 0) is 55.9 Å². The van der Waals surface area contributed by atoms with E-state index in [1.54, 1.807) is 18.2 Å². The predicted octanol–water partition coefficient (Wildman–Crippen LogP) is 3.55. The summed E-state index contributed by atoms with van der Waals surface area (Å²) in [5, 5.41) is 4.18. The molecule has 1 aliphatic rings. The molecule has 0 spiro atoms. The number of nitrogens with zero attached hydrogens (tertiary/aromatic N) is 1. The number of nitrogens with one attached hydrogen (secondary N) is 1. The van der Waals surface area contributed by atoms with Crippen molar-refractivity contribution in [3.8, 4) is 0 Å². The molecule has 0 saturated heterocycles. The van der Waals surface area contributed by atoms with Crippen LogP contribution in [-0.2, 0) is 15.6 Å². The van der Waals surface area contributed by atoms with Crippen LogP contribution < -0.4 is 5.43 Å². The number of hydrazone groups is 1. The minimum absolute atomic E-state index is 0.0523. The number of hydrogen-bond acceptors (Lipinski definition) is 5. The van der Waals surface area contributed by atoms with Crippen molar-refractivity contribution in [1.82, 2.24) is 5.43 Å². The smallest absolute Gasteiger partial charge is 0.307 e. The molecule has 1 saturated carbocycles. The Labute approximate surface area is 153 Å². The van der Waals surface area contributed by atoms with Crippen LogP contribution in [0.15, 0.2) is 56.9 Å². The van der Waals surface area contributed by atoms with Gasteiger partial charge in [0.2, 0.25) is 0 Å². The molecule has 1 heterocycles. The third-order valence-corrected chi connectivity index (χ3v) is 6.04.